The lowest BCUT2D eigenvalue weighted by atomic mass is 10.1. The Labute approximate surface area is 135 Å². The summed E-state index contributed by atoms with van der Waals surface area (Å²) in [4.78, 5) is 12.3. The van der Waals surface area contributed by atoms with Crippen LogP contribution < -0.4 is 14.8 Å². The van der Waals surface area contributed by atoms with Crippen LogP contribution in [0.1, 0.15) is 28.9 Å². The third kappa shape index (κ3) is 3.52. The van der Waals surface area contributed by atoms with E-state index in [9.17, 15) is 4.79 Å². The summed E-state index contributed by atoms with van der Waals surface area (Å²) in [5.74, 6) is 1.06. The van der Waals surface area contributed by atoms with Gasteiger partial charge in [-0.15, -0.1) is 0 Å². The number of nitrogens with one attached hydrogen (secondary N) is 1. The number of methoxy groups -OCH3 is 2. The van der Waals surface area contributed by atoms with E-state index < -0.39 is 0 Å². The molecule has 2 rings (SSSR count). The number of carbonyl (C=O) groups excluding carboxylic acids is 1. The van der Waals surface area contributed by atoms with Gasteiger partial charge < -0.3 is 14.8 Å². The van der Waals surface area contributed by atoms with E-state index in [4.69, 9.17) is 21.1 Å². The van der Waals surface area contributed by atoms with Gasteiger partial charge in [-0.2, -0.15) is 0 Å². The van der Waals surface area contributed by atoms with Crippen LogP contribution in [0.5, 0.6) is 11.5 Å². The molecule has 1 atom stereocenters. The minimum atomic E-state index is -0.215. The summed E-state index contributed by atoms with van der Waals surface area (Å²) in [7, 11) is 3.16. The molecule has 0 aromatic heterocycles. The van der Waals surface area contributed by atoms with Crippen LogP contribution in [0.25, 0.3) is 0 Å². The Hall–Kier alpha value is -2.20. The smallest absolute Gasteiger partial charge is 0.253 e. The van der Waals surface area contributed by atoms with Gasteiger partial charge in [-0.25, -0.2) is 0 Å². The highest BCUT2D eigenvalue weighted by Gasteiger charge is 2.15. The Morgan fingerprint density at radius 3 is 2.41 bits per heavy atom. The van der Waals surface area contributed by atoms with E-state index in [0.29, 0.717) is 22.1 Å². The molecule has 0 aliphatic heterocycles. The molecular weight excluding hydrogens is 302 g/mol. The molecule has 0 spiro atoms. The van der Waals surface area contributed by atoms with Crippen LogP contribution in [0.3, 0.4) is 0 Å². The molecule has 0 heterocycles. The predicted octanol–water partition coefficient (Wildman–Crippen LogP) is 3.85. The monoisotopic (exact) mass is 319 g/mol. The van der Waals surface area contributed by atoms with Gasteiger partial charge in [0.1, 0.15) is 0 Å². The van der Waals surface area contributed by atoms with Gasteiger partial charge in [0, 0.05) is 0 Å². The predicted molar refractivity (Wildman–Crippen MR) is 86.9 cm³/mol. The number of ether oxygens (including phenoxy) is 2. The molecule has 1 amide bonds. The fourth-order valence-corrected chi connectivity index (χ4v) is 2.35. The van der Waals surface area contributed by atoms with Crippen molar-refractivity contribution in [2.24, 2.45) is 0 Å². The van der Waals surface area contributed by atoms with E-state index in [-0.39, 0.29) is 11.9 Å². The average Bonchev–Trinajstić information content (AvgIpc) is 2.54. The van der Waals surface area contributed by atoms with Crippen LogP contribution in [0.2, 0.25) is 5.02 Å². The summed E-state index contributed by atoms with van der Waals surface area (Å²) < 4.78 is 10.5. The highest BCUT2D eigenvalue weighted by molar-refractivity contribution is 6.33. The first-order valence-electron chi connectivity index (χ1n) is 6.84. The third-order valence-corrected chi connectivity index (χ3v) is 3.70. The maximum Gasteiger partial charge on any atom is 0.253 e. The average molecular weight is 320 g/mol. The van der Waals surface area contributed by atoms with Crippen molar-refractivity contribution in [1.82, 2.24) is 5.32 Å². The van der Waals surface area contributed by atoms with Gasteiger partial charge in [0.2, 0.25) is 0 Å². The second-order valence-corrected chi connectivity index (χ2v) is 5.20. The number of benzene rings is 2. The summed E-state index contributed by atoms with van der Waals surface area (Å²) >= 11 is 6.04. The molecular formula is C17H18ClNO3. The zero-order valence-electron chi connectivity index (χ0n) is 12.7. The van der Waals surface area contributed by atoms with Crippen molar-refractivity contribution in [3.05, 3.63) is 58.6 Å². The first kappa shape index (κ1) is 16.2. The quantitative estimate of drug-likeness (QED) is 0.910. The number of hydrogen-bond donors (Lipinski definition) is 1. The van der Waals surface area contributed by atoms with E-state index in [1.54, 1.807) is 38.5 Å². The van der Waals surface area contributed by atoms with E-state index in [1.807, 2.05) is 25.1 Å². The van der Waals surface area contributed by atoms with Crippen molar-refractivity contribution in [2.75, 3.05) is 14.2 Å². The summed E-state index contributed by atoms with van der Waals surface area (Å²) in [5, 5.41) is 3.35. The lowest BCUT2D eigenvalue weighted by molar-refractivity contribution is 0.0940. The van der Waals surface area contributed by atoms with Gasteiger partial charge in [-0.05, 0) is 36.8 Å². The molecule has 0 bridgehead atoms. The fraction of sp³-hybridized carbons (Fsp3) is 0.235. The topological polar surface area (TPSA) is 47.6 Å². The lowest BCUT2D eigenvalue weighted by Gasteiger charge is -2.17. The van der Waals surface area contributed by atoms with Gasteiger partial charge in [-0.3, -0.25) is 4.79 Å². The molecule has 2 aromatic carbocycles. The molecule has 0 saturated carbocycles. The molecule has 0 aliphatic carbocycles. The molecule has 1 N–H and O–H groups in total. The Balaban J connectivity index is 2.17. The van der Waals surface area contributed by atoms with Crippen molar-refractivity contribution in [2.45, 2.75) is 13.0 Å². The fourth-order valence-electron chi connectivity index (χ4n) is 2.13. The molecule has 5 heteroatoms. The van der Waals surface area contributed by atoms with Gasteiger partial charge in [-0.1, -0.05) is 29.8 Å². The van der Waals surface area contributed by atoms with Gasteiger partial charge in [0.25, 0.3) is 5.91 Å². The van der Waals surface area contributed by atoms with E-state index in [1.165, 1.54) is 0 Å². The molecule has 116 valence electrons. The van der Waals surface area contributed by atoms with Crippen LogP contribution >= 0.6 is 11.6 Å². The van der Waals surface area contributed by atoms with Crippen LogP contribution in [-0.4, -0.2) is 20.1 Å². The number of carbonyl (C=O) groups is 1. The third-order valence-electron chi connectivity index (χ3n) is 3.37. The van der Waals surface area contributed by atoms with Gasteiger partial charge in [0.15, 0.2) is 11.5 Å². The highest BCUT2D eigenvalue weighted by Crippen LogP contribution is 2.30. The largest absolute Gasteiger partial charge is 0.493 e. The zero-order valence-corrected chi connectivity index (χ0v) is 13.5. The summed E-state index contributed by atoms with van der Waals surface area (Å²) in [6, 6.07) is 12.3. The van der Waals surface area contributed by atoms with Crippen LogP contribution in [0.15, 0.2) is 42.5 Å². The molecule has 1 unspecified atom stereocenters. The standard InChI is InChI=1S/C17H18ClNO3/c1-11(12-8-9-15(21-2)16(10-12)22-3)19-17(20)13-6-4-5-7-14(13)18/h4-11H,1-3H3,(H,19,20). The Morgan fingerprint density at radius 1 is 1.09 bits per heavy atom. The minimum absolute atomic E-state index is 0.191. The Kier molecular flexibility index (Phi) is 5.28. The maximum atomic E-state index is 12.3. The van der Waals surface area contributed by atoms with Crippen LogP contribution in [0.4, 0.5) is 0 Å². The number of halogens is 1. The van der Waals surface area contributed by atoms with Crippen molar-refractivity contribution in [3.8, 4) is 11.5 Å². The summed E-state index contributed by atoms with van der Waals surface area (Å²) in [6.07, 6.45) is 0. The summed E-state index contributed by atoms with van der Waals surface area (Å²) in [5.41, 5.74) is 1.37. The highest BCUT2D eigenvalue weighted by atomic mass is 35.5. The minimum Gasteiger partial charge on any atom is -0.493 e. The SMILES string of the molecule is COc1ccc(C(C)NC(=O)c2ccccc2Cl)cc1OC. The van der Waals surface area contributed by atoms with Crippen LogP contribution in [0, 0.1) is 0 Å². The lowest BCUT2D eigenvalue weighted by Crippen LogP contribution is -2.26. The molecule has 22 heavy (non-hydrogen) atoms. The molecule has 0 fully saturated rings. The Morgan fingerprint density at radius 2 is 1.77 bits per heavy atom. The van der Waals surface area contributed by atoms with E-state index in [2.05, 4.69) is 5.32 Å². The van der Waals surface area contributed by atoms with E-state index in [0.717, 1.165) is 5.56 Å². The second-order valence-electron chi connectivity index (χ2n) is 4.79. The zero-order chi connectivity index (χ0) is 16.1. The van der Waals surface area contributed by atoms with Crippen molar-refractivity contribution >= 4 is 17.5 Å². The number of amides is 1. The molecule has 0 saturated heterocycles. The normalized spacial score (nSPS) is 11.6. The number of hydrogen-bond acceptors (Lipinski definition) is 3. The molecule has 2 aromatic rings. The Bertz CT molecular complexity index is 673. The molecule has 0 aliphatic rings. The van der Waals surface area contributed by atoms with Crippen molar-refractivity contribution < 1.29 is 14.3 Å². The summed E-state index contributed by atoms with van der Waals surface area (Å²) in [6.45, 7) is 1.90. The van der Waals surface area contributed by atoms with Gasteiger partial charge in [0.05, 0.1) is 30.8 Å². The molecule has 0 radical (unpaired) electrons. The van der Waals surface area contributed by atoms with E-state index >= 15 is 0 Å². The second kappa shape index (κ2) is 7.18. The first-order chi connectivity index (χ1) is 10.6. The van der Waals surface area contributed by atoms with Gasteiger partial charge >= 0.3 is 0 Å². The maximum absolute atomic E-state index is 12.3. The van der Waals surface area contributed by atoms with Crippen LogP contribution in [-0.2, 0) is 0 Å². The number of rotatable bonds is 5. The first-order valence-corrected chi connectivity index (χ1v) is 7.22. The van der Waals surface area contributed by atoms with Crippen molar-refractivity contribution in [1.29, 1.82) is 0 Å². The molecule has 4 nitrogen and oxygen atoms in total. The van der Waals surface area contributed by atoms with Crippen molar-refractivity contribution in [3.63, 3.8) is 0 Å².